The zero-order valence-electron chi connectivity index (χ0n) is 11.4. The van der Waals surface area contributed by atoms with Gasteiger partial charge in [0, 0.05) is 31.4 Å². The summed E-state index contributed by atoms with van der Waals surface area (Å²) in [5, 5.41) is 11.0. The van der Waals surface area contributed by atoms with E-state index in [0.29, 0.717) is 11.4 Å². The molecule has 0 amide bonds. The lowest BCUT2D eigenvalue weighted by molar-refractivity contribution is -0.384. The maximum atomic E-state index is 11.1. The lowest BCUT2D eigenvalue weighted by Crippen LogP contribution is -2.20. The summed E-state index contributed by atoms with van der Waals surface area (Å²) in [6.45, 7) is 1.87. The van der Waals surface area contributed by atoms with Crippen molar-refractivity contribution in [2.45, 2.75) is 12.8 Å². The third-order valence-electron chi connectivity index (χ3n) is 3.78. The molecule has 1 aliphatic rings. The Labute approximate surface area is 121 Å². The topological polar surface area (TPSA) is 68.4 Å². The number of non-ortho nitro benzene ring substituents is 1. The van der Waals surface area contributed by atoms with Gasteiger partial charge in [0.15, 0.2) is 6.29 Å². The van der Waals surface area contributed by atoms with E-state index >= 15 is 0 Å². The van der Waals surface area contributed by atoms with Crippen molar-refractivity contribution in [2.75, 3.05) is 18.0 Å². The third-order valence-corrected chi connectivity index (χ3v) is 3.78. The van der Waals surface area contributed by atoms with Gasteiger partial charge in [-0.3, -0.25) is 14.9 Å². The molecule has 21 heavy (non-hydrogen) atoms. The average Bonchev–Trinajstić information content (AvgIpc) is 3.17. The molecule has 0 N–H and O–H groups in total. The molecule has 0 unspecified atom stereocenters. The number of carbonyl (C=O) groups excluding carboxylic acids is 1. The average molecular weight is 285 g/mol. The molecule has 0 radical (unpaired) electrons. The van der Waals surface area contributed by atoms with Crippen LogP contribution in [0.5, 0.6) is 0 Å². The molecule has 0 bridgehead atoms. The van der Waals surface area contributed by atoms with E-state index in [1.54, 1.807) is 29.0 Å². The van der Waals surface area contributed by atoms with E-state index in [2.05, 4.69) is 4.90 Å². The first-order valence-electron chi connectivity index (χ1n) is 6.87. The number of nitro benzene ring substituents is 1. The Bertz CT molecular complexity index is 687. The molecule has 0 atom stereocenters. The molecule has 1 aromatic heterocycles. The highest BCUT2D eigenvalue weighted by atomic mass is 16.6. The van der Waals surface area contributed by atoms with Crippen molar-refractivity contribution in [1.29, 1.82) is 0 Å². The van der Waals surface area contributed by atoms with E-state index in [0.717, 1.165) is 37.9 Å². The summed E-state index contributed by atoms with van der Waals surface area (Å²) < 4.78 is 1.70. The van der Waals surface area contributed by atoms with E-state index < -0.39 is 4.92 Å². The number of aromatic nitrogens is 1. The van der Waals surface area contributed by atoms with Crippen LogP contribution in [0.3, 0.4) is 0 Å². The van der Waals surface area contributed by atoms with Crippen molar-refractivity contribution in [2.24, 2.45) is 0 Å². The van der Waals surface area contributed by atoms with Crippen LogP contribution >= 0.6 is 0 Å². The molecular weight excluding hydrogens is 270 g/mol. The van der Waals surface area contributed by atoms with Gasteiger partial charge in [-0.1, -0.05) is 0 Å². The molecule has 6 heteroatoms. The number of benzene rings is 1. The van der Waals surface area contributed by atoms with Crippen molar-refractivity contribution in [3.8, 4) is 5.69 Å². The van der Waals surface area contributed by atoms with Crippen molar-refractivity contribution < 1.29 is 9.72 Å². The largest absolute Gasteiger partial charge is 0.370 e. The predicted octanol–water partition coefficient (Wildman–Crippen LogP) is 2.80. The zero-order chi connectivity index (χ0) is 14.8. The van der Waals surface area contributed by atoms with Crippen LogP contribution < -0.4 is 4.90 Å². The van der Waals surface area contributed by atoms with Gasteiger partial charge >= 0.3 is 0 Å². The molecule has 1 aromatic carbocycles. The highest BCUT2D eigenvalue weighted by Crippen LogP contribution is 2.31. The molecule has 0 aliphatic carbocycles. The second kappa shape index (κ2) is 5.40. The van der Waals surface area contributed by atoms with Crippen molar-refractivity contribution in [3.63, 3.8) is 0 Å². The van der Waals surface area contributed by atoms with Crippen LogP contribution in [-0.2, 0) is 0 Å². The first kappa shape index (κ1) is 13.4. The minimum atomic E-state index is -0.415. The number of aldehydes is 1. The van der Waals surface area contributed by atoms with Crippen molar-refractivity contribution in [1.82, 2.24) is 4.57 Å². The summed E-state index contributed by atoms with van der Waals surface area (Å²) in [7, 11) is 0. The van der Waals surface area contributed by atoms with Gasteiger partial charge in [0.05, 0.1) is 22.0 Å². The molecule has 1 aliphatic heterocycles. The number of hydrogen-bond acceptors (Lipinski definition) is 4. The Morgan fingerprint density at radius 1 is 1.14 bits per heavy atom. The maximum Gasteiger partial charge on any atom is 0.271 e. The molecule has 1 fully saturated rings. The highest BCUT2D eigenvalue weighted by Gasteiger charge is 2.20. The van der Waals surface area contributed by atoms with Gasteiger partial charge in [0.25, 0.3) is 5.69 Å². The van der Waals surface area contributed by atoms with Crippen molar-refractivity contribution in [3.05, 3.63) is 52.3 Å². The van der Waals surface area contributed by atoms with Gasteiger partial charge in [0.1, 0.15) is 0 Å². The first-order valence-corrected chi connectivity index (χ1v) is 6.87. The number of rotatable bonds is 4. The number of carbonyl (C=O) groups is 1. The van der Waals surface area contributed by atoms with E-state index in [-0.39, 0.29) is 5.69 Å². The molecule has 2 heterocycles. The van der Waals surface area contributed by atoms with Gasteiger partial charge in [-0.25, -0.2) is 0 Å². The molecule has 6 nitrogen and oxygen atoms in total. The normalized spacial score (nSPS) is 14.4. The number of hydrogen-bond donors (Lipinski definition) is 0. The van der Waals surface area contributed by atoms with Gasteiger partial charge in [-0.05, 0) is 31.0 Å². The molecule has 2 aromatic rings. The fourth-order valence-electron chi connectivity index (χ4n) is 2.75. The Morgan fingerprint density at radius 3 is 2.57 bits per heavy atom. The zero-order valence-corrected chi connectivity index (χ0v) is 11.4. The summed E-state index contributed by atoms with van der Waals surface area (Å²) in [4.78, 5) is 24.0. The Balaban J connectivity index is 2.16. The lowest BCUT2D eigenvalue weighted by atomic mass is 10.2. The van der Waals surface area contributed by atoms with E-state index in [4.69, 9.17) is 0 Å². The first-order chi connectivity index (χ1) is 10.2. The third kappa shape index (κ3) is 2.40. The Kier molecular flexibility index (Phi) is 3.43. The summed E-state index contributed by atoms with van der Waals surface area (Å²) >= 11 is 0. The van der Waals surface area contributed by atoms with Crippen LogP contribution in [0, 0.1) is 10.1 Å². The van der Waals surface area contributed by atoms with Crippen LogP contribution in [0.25, 0.3) is 5.69 Å². The van der Waals surface area contributed by atoms with E-state index in [1.807, 2.05) is 0 Å². The second-order valence-corrected chi connectivity index (χ2v) is 5.05. The Hall–Kier alpha value is -2.63. The van der Waals surface area contributed by atoms with Crippen LogP contribution in [0.15, 0.2) is 36.5 Å². The lowest BCUT2D eigenvalue weighted by Gasteiger charge is -2.22. The smallest absolute Gasteiger partial charge is 0.271 e. The molecular formula is C15H15N3O3. The fourth-order valence-corrected chi connectivity index (χ4v) is 2.75. The summed E-state index contributed by atoms with van der Waals surface area (Å²) in [6.07, 6.45) is 4.74. The molecule has 1 saturated heterocycles. The standard InChI is InChI=1S/C15H15N3O3/c19-11-13-4-3-9-17(13)15-10-12(18(20)21)5-6-14(15)16-7-1-2-8-16/h3-6,9-11H,1-2,7-8H2. The number of nitrogens with zero attached hydrogens (tertiary/aromatic N) is 3. The van der Waals surface area contributed by atoms with Crippen LogP contribution in [0.4, 0.5) is 11.4 Å². The Morgan fingerprint density at radius 2 is 1.90 bits per heavy atom. The van der Waals surface area contributed by atoms with Crippen LogP contribution in [-0.4, -0.2) is 28.9 Å². The molecule has 0 saturated carbocycles. The summed E-state index contributed by atoms with van der Waals surface area (Å²) in [5.41, 5.74) is 2.12. The number of nitro groups is 1. The van der Waals surface area contributed by atoms with Gasteiger partial charge < -0.3 is 9.47 Å². The van der Waals surface area contributed by atoms with E-state index in [1.165, 1.54) is 12.1 Å². The predicted molar refractivity (Wildman–Crippen MR) is 79.3 cm³/mol. The van der Waals surface area contributed by atoms with Gasteiger partial charge in [0.2, 0.25) is 0 Å². The quantitative estimate of drug-likeness (QED) is 0.492. The minimum Gasteiger partial charge on any atom is -0.370 e. The molecule has 0 spiro atoms. The van der Waals surface area contributed by atoms with Crippen LogP contribution in [0.1, 0.15) is 23.3 Å². The monoisotopic (exact) mass is 285 g/mol. The van der Waals surface area contributed by atoms with Gasteiger partial charge in [-0.2, -0.15) is 0 Å². The number of anilines is 1. The minimum absolute atomic E-state index is 0.0264. The van der Waals surface area contributed by atoms with Crippen molar-refractivity contribution >= 4 is 17.7 Å². The summed E-state index contributed by atoms with van der Waals surface area (Å²) in [6, 6.07) is 8.27. The molecule has 3 rings (SSSR count). The fraction of sp³-hybridized carbons (Fsp3) is 0.267. The summed E-state index contributed by atoms with van der Waals surface area (Å²) in [5.74, 6) is 0. The van der Waals surface area contributed by atoms with Gasteiger partial charge in [-0.15, -0.1) is 0 Å². The maximum absolute atomic E-state index is 11.1. The highest BCUT2D eigenvalue weighted by molar-refractivity contribution is 5.76. The molecule has 108 valence electrons. The van der Waals surface area contributed by atoms with E-state index in [9.17, 15) is 14.9 Å². The second-order valence-electron chi connectivity index (χ2n) is 5.05. The van der Waals surface area contributed by atoms with Crippen LogP contribution in [0.2, 0.25) is 0 Å². The SMILES string of the molecule is O=Cc1cccn1-c1cc([N+](=O)[O-])ccc1N1CCCC1.